The molecular formula is C14H19BrN2O3. The number of hydrogen-bond acceptors (Lipinski definition) is 4. The standard InChI is InChI=1S/C14H19BrN2O3/c1-16-4-6-17(7-5-16)14(19)10-20-12-2-3-13(15)11(8-12)9-18/h2-3,8,18H,4-7,9-10H2,1H3. The number of rotatable bonds is 4. The van der Waals surface area contributed by atoms with Gasteiger partial charge in [-0.15, -0.1) is 0 Å². The first-order valence-corrected chi connectivity index (χ1v) is 7.38. The van der Waals surface area contributed by atoms with Crippen LogP contribution in [-0.4, -0.2) is 60.6 Å². The lowest BCUT2D eigenvalue weighted by Gasteiger charge is -2.32. The molecule has 1 N–H and O–H groups in total. The number of aliphatic hydroxyl groups excluding tert-OH is 1. The molecule has 110 valence electrons. The largest absolute Gasteiger partial charge is 0.484 e. The average Bonchev–Trinajstić information content (AvgIpc) is 2.46. The zero-order chi connectivity index (χ0) is 14.5. The van der Waals surface area contributed by atoms with Gasteiger partial charge in [-0.1, -0.05) is 15.9 Å². The molecule has 0 aliphatic carbocycles. The number of nitrogens with zero attached hydrogens (tertiary/aromatic N) is 2. The predicted molar refractivity (Wildman–Crippen MR) is 79.6 cm³/mol. The van der Waals surface area contributed by atoms with Crippen molar-refractivity contribution in [1.29, 1.82) is 0 Å². The topological polar surface area (TPSA) is 53.0 Å². The maximum Gasteiger partial charge on any atom is 0.260 e. The van der Waals surface area contributed by atoms with E-state index in [0.717, 1.165) is 36.2 Å². The van der Waals surface area contributed by atoms with E-state index in [1.807, 2.05) is 4.90 Å². The van der Waals surface area contributed by atoms with Gasteiger partial charge in [0, 0.05) is 30.7 Å². The first-order valence-electron chi connectivity index (χ1n) is 6.58. The number of carbonyl (C=O) groups excluding carboxylic acids is 1. The summed E-state index contributed by atoms with van der Waals surface area (Å²) in [5.74, 6) is 0.603. The van der Waals surface area contributed by atoms with Gasteiger partial charge in [0.15, 0.2) is 6.61 Å². The van der Waals surface area contributed by atoms with Crippen LogP contribution in [0.5, 0.6) is 5.75 Å². The van der Waals surface area contributed by atoms with Crippen LogP contribution in [0.2, 0.25) is 0 Å². The van der Waals surface area contributed by atoms with Crippen molar-refractivity contribution in [2.45, 2.75) is 6.61 Å². The molecule has 2 rings (SSSR count). The van der Waals surface area contributed by atoms with Crippen LogP contribution in [0.1, 0.15) is 5.56 Å². The molecule has 1 amide bonds. The number of benzene rings is 1. The molecule has 1 aliphatic rings. The van der Waals surface area contributed by atoms with Gasteiger partial charge in [-0.05, 0) is 30.8 Å². The summed E-state index contributed by atoms with van der Waals surface area (Å²) < 4.78 is 6.34. The summed E-state index contributed by atoms with van der Waals surface area (Å²) in [6, 6.07) is 5.32. The number of ether oxygens (including phenoxy) is 1. The summed E-state index contributed by atoms with van der Waals surface area (Å²) >= 11 is 3.34. The summed E-state index contributed by atoms with van der Waals surface area (Å²) in [5.41, 5.74) is 0.745. The number of aliphatic hydroxyl groups is 1. The number of piperazine rings is 1. The van der Waals surface area contributed by atoms with E-state index < -0.39 is 0 Å². The van der Waals surface area contributed by atoms with E-state index >= 15 is 0 Å². The van der Waals surface area contributed by atoms with Crippen molar-refractivity contribution in [3.8, 4) is 5.75 Å². The van der Waals surface area contributed by atoms with Crippen LogP contribution in [0.3, 0.4) is 0 Å². The molecule has 0 saturated carbocycles. The molecule has 1 aromatic carbocycles. The van der Waals surface area contributed by atoms with Gasteiger partial charge in [-0.25, -0.2) is 0 Å². The highest BCUT2D eigenvalue weighted by Gasteiger charge is 2.19. The summed E-state index contributed by atoms with van der Waals surface area (Å²) in [7, 11) is 2.05. The molecule has 0 atom stereocenters. The van der Waals surface area contributed by atoms with Crippen LogP contribution >= 0.6 is 15.9 Å². The van der Waals surface area contributed by atoms with Gasteiger partial charge in [0.05, 0.1) is 6.61 Å². The third kappa shape index (κ3) is 3.94. The highest BCUT2D eigenvalue weighted by molar-refractivity contribution is 9.10. The Labute approximate surface area is 127 Å². The highest BCUT2D eigenvalue weighted by Crippen LogP contribution is 2.22. The molecule has 0 unspecified atom stereocenters. The summed E-state index contributed by atoms with van der Waals surface area (Å²) in [5, 5.41) is 9.18. The molecule has 1 aliphatic heterocycles. The number of halogens is 1. The Bertz CT molecular complexity index is 473. The van der Waals surface area contributed by atoms with Crippen molar-refractivity contribution in [3.05, 3.63) is 28.2 Å². The van der Waals surface area contributed by atoms with E-state index in [9.17, 15) is 9.90 Å². The van der Waals surface area contributed by atoms with Gasteiger partial charge in [-0.2, -0.15) is 0 Å². The van der Waals surface area contributed by atoms with E-state index in [1.165, 1.54) is 0 Å². The van der Waals surface area contributed by atoms with Gasteiger partial charge in [-0.3, -0.25) is 4.79 Å². The number of amides is 1. The second-order valence-corrected chi connectivity index (χ2v) is 5.74. The molecule has 0 spiro atoms. The molecule has 1 fully saturated rings. The Morgan fingerprint density at radius 2 is 2.05 bits per heavy atom. The first-order chi connectivity index (χ1) is 9.60. The van der Waals surface area contributed by atoms with E-state index in [-0.39, 0.29) is 19.1 Å². The molecule has 5 nitrogen and oxygen atoms in total. The van der Waals surface area contributed by atoms with Crippen LogP contribution in [0.25, 0.3) is 0 Å². The van der Waals surface area contributed by atoms with Crippen molar-refractivity contribution in [1.82, 2.24) is 9.80 Å². The van der Waals surface area contributed by atoms with Crippen LogP contribution in [0.15, 0.2) is 22.7 Å². The lowest BCUT2D eigenvalue weighted by molar-refractivity contribution is -0.134. The summed E-state index contributed by atoms with van der Waals surface area (Å²) in [6.45, 7) is 3.28. The smallest absolute Gasteiger partial charge is 0.260 e. The fourth-order valence-corrected chi connectivity index (χ4v) is 2.43. The molecule has 1 heterocycles. The Morgan fingerprint density at radius 3 is 2.70 bits per heavy atom. The van der Waals surface area contributed by atoms with Crippen molar-refractivity contribution in [3.63, 3.8) is 0 Å². The monoisotopic (exact) mass is 342 g/mol. The van der Waals surface area contributed by atoms with E-state index in [2.05, 4.69) is 27.9 Å². The van der Waals surface area contributed by atoms with E-state index in [4.69, 9.17) is 4.74 Å². The molecular weight excluding hydrogens is 324 g/mol. The van der Waals surface area contributed by atoms with E-state index in [0.29, 0.717) is 5.75 Å². The minimum Gasteiger partial charge on any atom is -0.484 e. The van der Waals surface area contributed by atoms with Crippen molar-refractivity contribution in [2.24, 2.45) is 0 Å². The second kappa shape index (κ2) is 7.06. The van der Waals surface area contributed by atoms with Crippen LogP contribution in [0.4, 0.5) is 0 Å². The minimum absolute atomic E-state index is 0.00608. The SMILES string of the molecule is CN1CCN(C(=O)COc2ccc(Br)c(CO)c2)CC1. The van der Waals surface area contributed by atoms with E-state index in [1.54, 1.807) is 18.2 Å². The van der Waals surface area contributed by atoms with Crippen LogP contribution in [-0.2, 0) is 11.4 Å². The highest BCUT2D eigenvalue weighted by atomic mass is 79.9. The normalized spacial score (nSPS) is 16.2. The molecule has 0 bridgehead atoms. The van der Waals surface area contributed by atoms with Gasteiger partial charge >= 0.3 is 0 Å². The van der Waals surface area contributed by atoms with Crippen molar-refractivity contribution in [2.75, 3.05) is 39.8 Å². The number of carbonyl (C=O) groups is 1. The molecule has 20 heavy (non-hydrogen) atoms. The molecule has 1 saturated heterocycles. The fraction of sp³-hybridized carbons (Fsp3) is 0.500. The van der Waals surface area contributed by atoms with Gasteiger partial charge in [0.1, 0.15) is 5.75 Å². The number of hydrogen-bond donors (Lipinski definition) is 1. The Balaban J connectivity index is 1.87. The minimum atomic E-state index is -0.0653. The number of likely N-dealkylation sites (N-methyl/N-ethyl adjacent to an activating group) is 1. The van der Waals surface area contributed by atoms with Crippen molar-refractivity contribution >= 4 is 21.8 Å². The Morgan fingerprint density at radius 1 is 1.35 bits per heavy atom. The zero-order valence-corrected chi connectivity index (χ0v) is 13.1. The molecule has 0 aromatic heterocycles. The Hall–Kier alpha value is -1.11. The quantitative estimate of drug-likeness (QED) is 0.890. The summed E-state index contributed by atoms with van der Waals surface area (Å²) in [4.78, 5) is 16.0. The predicted octanol–water partition coefficient (Wildman–Crippen LogP) is 1.09. The van der Waals surface area contributed by atoms with Crippen LogP contribution < -0.4 is 4.74 Å². The third-order valence-electron chi connectivity index (χ3n) is 3.41. The average molecular weight is 343 g/mol. The third-order valence-corrected chi connectivity index (χ3v) is 4.18. The lowest BCUT2D eigenvalue weighted by Crippen LogP contribution is -2.48. The first kappa shape index (κ1) is 15.3. The zero-order valence-electron chi connectivity index (χ0n) is 11.5. The molecule has 6 heteroatoms. The molecule has 1 aromatic rings. The molecule has 0 radical (unpaired) electrons. The summed E-state index contributed by atoms with van der Waals surface area (Å²) in [6.07, 6.45) is 0. The van der Waals surface area contributed by atoms with Gasteiger partial charge in [0.2, 0.25) is 0 Å². The Kier molecular flexibility index (Phi) is 5.39. The van der Waals surface area contributed by atoms with Crippen molar-refractivity contribution < 1.29 is 14.6 Å². The lowest BCUT2D eigenvalue weighted by atomic mass is 10.2. The fourth-order valence-electron chi connectivity index (χ4n) is 2.05. The maximum absolute atomic E-state index is 12.0. The van der Waals surface area contributed by atoms with Crippen LogP contribution in [0, 0.1) is 0 Å². The van der Waals surface area contributed by atoms with Gasteiger partial charge in [0.25, 0.3) is 5.91 Å². The van der Waals surface area contributed by atoms with Gasteiger partial charge < -0.3 is 19.6 Å². The second-order valence-electron chi connectivity index (χ2n) is 4.88. The maximum atomic E-state index is 12.0.